The highest BCUT2D eigenvalue weighted by atomic mass is 15.1. The zero-order chi connectivity index (χ0) is 13.0. The minimum absolute atomic E-state index is 0.646. The molecule has 4 nitrogen and oxygen atoms in total. The zero-order valence-electron chi connectivity index (χ0n) is 10.8. The number of nitrogens with one attached hydrogen (secondary N) is 1. The Balaban J connectivity index is 1.85. The van der Waals surface area contributed by atoms with E-state index in [9.17, 15) is 0 Å². The monoisotopic (exact) mass is 244 g/mol. The van der Waals surface area contributed by atoms with E-state index in [1.54, 1.807) is 12.1 Å². The van der Waals surface area contributed by atoms with E-state index in [2.05, 4.69) is 23.3 Å². The summed E-state index contributed by atoms with van der Waals surface area (Å²) < 4.78 is 0. The summed E-state index contributed by atoms with van der Waals surface area (Å²) in [5.41, 5.74) is 8.11. The molecular formula is C14H20N4. The van der Waals surface area contributed by atoms with Crippen molar-refractivity contribution in [2.45, 2.75) is 12.8 Å². The van der Waals surface area contributed by atoms with Crippen LogP contribution >= 0.6 is 0 Å². The summed E-state index contributed by atoms with van der Waals surface area (Å²) in [6.45, 7) is 3.31. The maximum atomic E-state index is 8.86. The first-order valence-electron chi connectivity index (χ1n) is 6.41. The van der Waals surface area contributed by atoms with Crippen molar-refractivity contribution in [3.8, 4) is 6.07 Å². The molecule has 1 unspecified atom stereocenters. The lowest BCUT2D eigenvalue weighted by atomic mass is 10.1. The molecule has 1 atom stereocenters. The van der Waals surface area contributed by atoms with Crippen molar-refractivity contribution >= 4 is 11.4 Å². The fourth-order valence-corrected chi connectivity index (χ4v) is 2.45. The van der Waals surface area contributed by atoms with Crippen molar-refractivity contribution in [1.82, 2.24) is 4.90 Å². The Morgan fingerprint density at radius 1 is 1.56 bits per heavy atom. The molecule has 4 heteroatoms. The number of nitrogens with two attached hydrogens (primary N) is 1. The van der Waals surface area contributed by atoms with Gasteiger partial charge in [0.25, 0.3) is 0 Å². The largest absolute Gasteiger partial charge is 0.397 e. The molecule has 1 aliphatic heterocycles. The van der Waals surface area contributed by atoms with Gasteiger partial charge in [-0.1, -0.05) is 0 Å². The van der Waals surface area contributed by atoms with Crippen molar-refractivity contribution in [3.05, 3.63) is 23.8 Å². The van der Waals surface area contributed by atoms with Crippen LogP contribution in [-0.4, -0.2) is 31.6 Å². The van der Waals surface area contributed by atoms with Crippen LogP contribution in [0, 0.1) is 17.2 Å². The normalized spacial score (nSPS) is 19.7. The third-order valence-corrected chi connectivity index (χ3v) is 3.54. The van der Waals surface area contributed by atoms with E-state index in [1.165, 1.54) is 19.5 Å². The molecule has 0 aromatic heterocycles. The molecule has 1 aromatic carbocycles. The molecule has 1 fully saturated rings. The highest BCUT2D eigenvalue weighted by Gasteiger charge is 2.18. The van der Waals surface area contributed by atoms with Gasteiger partial charge < -0.3 is 16.0 Å². The zero-order valence-corrected chi connectivity index (χ0v) is 10.8. The van der Waals surface area contributed by atoms with Gasteiger partial charge in [0.15, 0.2) is 0 Å². The number of benzene rings is 1. The Bertz CT molecular complexity index is 450. The van der Waals surface area contributed by atoms with E-state index in [0.717, 1.165) is 24.6 Å². The molecule has 3 N–H and O–H groups in total. The number of anilines is 2. The summed E-state index contributed by atoms with van der Waals surface area (Å²) in [7, 11) is 2.17. The molecule has 96 valence electrons. The highest BCUT2D eigenvalue weighted by molar-refractivity contribution is 5.68. The standard InChI is InChI=1S/C14H20N4/c1-18-7-5-11(10-18)4-6-17-14-8-12(9-15)2-3-13(14)16/h2-3,8,11,17H,4-7,10,16H2,1H3. The Hall–Kier alpha value is -1.73. The van der Waals surface area contributed by atoms with Gasteiger partial charge in [-0.05, 0) is 50.6 Å². The molecule has 18 heavy (non-hydrogen) atoms. The van der Waals surface area contributed by atoms with E-state index in [1.807, 2.05) is 6.07 Å². The fraction of sp³-hybridized carbons (Fsp3) is 0.500. The molecule has 0 bridgehead atoms. The summed E-state index contributed by atoms with van der Waals surface area (Å²) in [6.07, 6.45) is 2.44. The van der Waals surface area contributed by atoms with Gasteiger partial charge >= 0.3 is 0 Å². The number of rotatable bonds is 4. The van der Waals surface area contributed by atoms with Gasteiger partial charge in [0, 0.05) is 13.1 Å². The fourth-order valence-electron chi connectivity index (χ4n) is 2.45. The smallest absolute Gasteiger partial charge is 0.0992 e. The van der Waals surface area contributed by atoms with Gasteiger partial charge in [-0.3, -0.25) is 0 Å². The molecular weight excluding hydrogens is 224 g/mol. The van der Waals surface area contributed by atoms with Gasteiger partial charge in [0.1, 0.15) is 0 Å². The number of hydrogen-bond donors (Lipinski definition) is 2. The number of nitrogens with zero attached hydrogens (tertiary/aromatic N) is 2. The third kappa shape index (κ3) is 3.14. The predicted octanol–water partition coefficient (Wildman–Crippen LogP) is 1.89. The van der Waals surface area contributed by atoms with Gasteiger partial charge in [0.05, 0.1) is 23.0 Å². The first kappa shape index (κ1) is 12.7. The Morgan fingerprint density at radius 2 is 2.39 bits per heavy atom. The first-order chi connectivity index (χ1) is 8.69. The van der Waals surface area contributed by atoms with Crippen LogP contribution in [0.15, 0.2) is 18.2 Å². The summed E-state index contributed by atoms with van der Waals surface area (Å²) in [4.78, 5) is 2.37. The van der Waals surface area contributed by atoms with Crippen molar-refractivity contribution in [2.24, 2.45) is 5.92 Å². The SMILES string of the molecule is CN1CCC(CCNc2cc(C#N)ccc2N)C1. The molecule has 1 aromatic rings. The van der Waals surface area contributed by atoms with Crippen LogP contribution in [0.4, 0.5) is 11.4 Å². The lowest BCUT2D eigenvalue weighted by Gasteiger charge is -2.13. The Morgan fingerprint density at radius 3 is 3.06 bits per heavy atom. The lowest BCUT2D eigenvalue weighted by Crippen LogP contribution is -2.16. The third-order valence-electron chi connectivity index (χ3n) is 3.54. The van der Waals surface area contributed by atoms with Crippen molar-refractivity contribution in [3.63, 3.8) is 0 Å². The van der Waals surface area contributed by atoms with Crippen LogP contribution < -0.4 is 11.1 Å². The molecule has 0 radical (unpaired) electrons. The second-order valence-electron chi connectivity index (χ2n) is 5.05. The molecule has 0 spiro atoms. The molecule has 1 aliphatic rings. The van der Waals surface area contributed by atoms with Crippen LogP contribution in [0.2, 0.25) is 0 Å². The van der Waals surface area contributed by atoms with E-state index in [0.29, 0.717) is 11.3 Å². The highest BCUT2D eigenvalue weighted by Crippen LogP contribution is 2.21. The van der Waals surface area contributed by atoms with Gasteiger partial charge in [0.2, 0.25) is 0 Å². The first-order valence-corrected chi connectivity index (χ1v) is 6.41. The maximum absolute atomic E-state index is 8.86. The number of nitriles is 1. The van der Waals surface area contributed by atoms with Crippen molar-refractivity contribution in [1.29, 1.82) is 5.26 Å². The quantitative estimate of drug-likeness (QED) is 0.794. The number of hydrogen-bond acceptors (Lipinski definition) is 4. The summed E-state index contributed by atoms with van der Waals surface area (Å²) in [5.74, 6) is 0.780. The van der Waals surface area contributed by atoms with Crippen LogP contribution in [-0.2, 0) is 0 Å². The van der Waals surface area contributed by atoms with Gasteiger partial charge in [-0.15, -0.1) is 0 Å². The summed E-state index contributed by atoms with van der Waals surface area (Å²) >= 11 is 0. The lowest BCUT2D eigenvalue weighted by molar-refractivity contribution is 0.390. The minimum Gasteiger partial charge on any atom is -0.397 e. The molecule has 2 rings (SSSR count). The second-order valence-corrected chi connectivity index (χ2v) is 5.05. The maximum Gasteiger partial charge on any atom is 0.0992 e. The molecule has 0 saturated carbocycles. The van der Waals surface area contributed by atoms with E-state index in [-0.39, 0.29) is 0 Å². The van der Waals surface area contributed by atoms with Gasteiger partial charge in [-0.25, -0.2) is 0 Å². The van der Waals surface area contributed by atoms with Crippen molar-refractivity contribution in [2.75, 3.05) is 37.7 Å². The average Bonchev–Trinajstić information content (AvgIpc) is 2.77. The summed E-state index contributed by atoms with van der Waals surface area (Å²) in [6, 6.07) is 7.47. The Labute approximate surface area is 108 Å². The van der Waals surface area contributed by atoms with E-state index >= 15 is 0 Å². The second kappa shape index (κ2) is 5.74. The number of likely N-dealkylation sites (tertiary alicyclic amines) is 1. The predicted molar refractivity (Wildman–Crippen MR) is 74.3 cm³/mol. The summed E-state index contributed by atoms with van der Waals surface area (Å²) in [5, 5.41) is 12.2. The molecule has 0 aliphatic carbocycles. The molecule has 0 amide bonds. The van der Waals surface area contributed by atoms with Crippen LogP contribution in [0.5, 0.6) is 0 Å². The van der Waals surface area contributed by atoms with Gasteiger partial charge in [-0.2, -0.15) is 5.26 Å². The Kier molecular flexibility index (Phi) is 4.06. The van der Waals surface area contributed by atoms with E-state index in [4.69, 9.17) is 11.0 Å². The van der Waals surface area contributed by atoms with E-state index < -0.39 is 0 Å². The van der Waals surface area contributed by atoms with Crippen molar-refractivity contribution < 1.29 is 0 Å². The van der Waals surface area contributed by atoms with Crippen LogP contribution in [0.1, 0.15) is 18.4 Å². The topological polar surface area (TPSA) is 65.1 Å². The van der Waals surface area contributed by atoms with Crippen LogP contribution in [0.25, 0.3) is 0 Å². The molecule has 1 heterocycles. The molecule has 1 saturated heterocycles. The van der Waals surface area contributed by atoms with Crippen LogP contribution in [0.3, 0.4) is 0 Å². The average molecular weight is 244 g/mol. The minimum atomic E-state index is 0.646. The number of nitrogen functional groups attached to an aromatic ring is 1.